The molecule has 11 atom stereocenters. The van der Waals surface area contributed by atoms with E-state index in [1.807, 2.05) is 0 Å². The van der Waals surface area contributed by atoms with Crippen molar-refractivity contribution in [2.75, 3.05) is 34.0 Å². The van der Waals surface area contributed by atoms with Gasteiger partial charge in [-0.05, 0) is 64.2 Å². The van der Waals surface area contributed by atoms with Gasteiger partial charge in [-0.15, -0.1) is 0 Å². The zero-order valence-corrected chi connectivity index (χ0v) is 58.1. The SMILES string of the molecule is CCCCCCC=CCCCCCCCCCC(=O)N[C@H]1[C@H](OCC2O[C@H](OP(=O)(O)O)[C@H](NC(=O)CC(=O)CCCCCCCCCCC)[C@@H](OCCCCCCCCCC)[C@@H]2O)OC(COC)[C@@H](OP(=O)(O)O)[C@@H]1CCC[C@@H](CCCCCCC)OC. The molecule has 0 bridgehead atoms. The fourth-order valence-corrected chi connectivity index (χ4v) is 13.3. The maximum Gasteiger partial charge on any atom is 0.472 e. The van der Waals surface area contributed by atoms with Crippen LogP contribution in [0.15, 0.2) is 12.2 Å². The number of aliphatic hydroxyl groups excluding tert-OH is 1. The van der Waals surface area contributed by atoms with Crippen LogP contribution >= 0.6 is 15.6 Å². The van der Waals surface area contributed by atoms with Crippen molar-refractivity contribution < 1.29 is 85.7 Å². The average molecular weight is 1310 g/mol. The number of hydrogen-bond donors (Lipinski definition) is 7. The summed E-state index contributed by atoms with van der Waals surface area (Å²) in [6, 6.07) is -2.59. The second-order valence-corrected chi connectivity index (χ2v) is 27.7. The highest BCUT2D eigenvalue weighted by Crippen LogP contribution is 2.45. The molecule has 89 heavy (non-hydrogen) atoms. The third-order valence-corrected chi connectivity index (χ3v) is 18.4. The topological polar surface area (TPSA) is 284 Å². The van der Waals surface area contributed by atoms with Crippen LogP contribution in [0.25, 0.3) is 0 Å². The van der Waals surface area contributed by atoms with E-state index in [9.17, 15) is 48.2 Å². The summed E-state index contributed by atoms with van der Waals surface area (Å²) in [5.74, 6) is -2.25. The van der Waals surface area contributed by atoms with E-state index in [2.05, 4.69) is 50.5 Å². The molecule has 524 valence electrons. The van der Waals surface area contributed by atoms with Crippen LogP contribution in [0.2, 0.25) is 0 Å². The Morgan fingerprint density at radius 2 is 0.955 bits per heavy atom. The molecule has 7 N–H and O–H groups in total. The number of rotatable bonds is 59. The van der Waals surface area contributed by atoms with Gasteiger partial charge in [-0.2, -0.15) is 0 Å². The second-order valence-electron chi connectivity index (χ2n) is 25.3. The molecule has 2 aliphatic rings. The Bertz CT molecular complexity index is 1890. The van der Waals surface area contributed by atoms with Gasteiger partial charge in [0.2, 0.25) is 11.8 Å². The molecule has 2 unspecified atom stereocenters. The van der Waals surface area contributed by atoms with Gasteiger partial charge in [0.1, 0.15) is 42.3 Å². The molecule has 2 amide bonds. The van der Waals surface area contributed by atoms with Crippen molar-refractivity contribution in [1.29, 1.82) is 0 Å². The molecule has 2 fully saturated rings. The van der Waals surface area contributed by atoms with Crippen molar-refractivity contribution in [3.63, 3.8) is 0 Å². The van der Waals surface area contributed by atoms with E-state index in [1.165, 1.54) is 64.9 Å². The number of phosphoric acid groups is 2. The van der Waals surface area contributed by atoms with Crippen molar-refractivity contribution in [2.24, 2.45) is 5.92 Å². The molecule has 0 aromatic carbocycles. The first-order chi connectivity index (χ1) is 42.9. The van der Waals surface area contributed by atoms with Crippen molar-refractivity contribution in [3.05, 3.63) is 12.2 Å². The lowest BCUT2D eigenvalue weighted by molar-refractivity contribution is -0.293. The number of methoxy groups -OCH3 is 2. The van der Waals surface area contributed by atoms with Gasteiger partial charge < -0.3 is 63.7 Å². The maximum absolute atomic E-state index is 14.2. The summed E-state index contributed by atoms with van der Waals surface area (Å²) in [5, 5.41) is 18.1. The molecule has 0 spiro atoms. The molecule has 22 heteroatoms. The third-order valence-electron chi connectivity index (χ3n) is 17.4. The molecule has 0 aliphatic carbocycles. The maximum atomic E-state index is 14.2. The number of Topliss-reactive ketones (excluding diaryl/α,β-unsaturated/α-hetero) is 1. The Kier molecular flexibility index (Phi) is 49.2. The van der Waals surface area contributed by atoms with Crippen LogP contribution in [0.3, 0.4) is 0 Å². The highest BCUT2D eigenvalue weighted by atomic mass is 31.2. The summed E-state index contributed by atoms with van der Waals surface area (Å²) in [4.78, 5) is 82.4. The third kappa shape index (κ3) is 41.0. The predicted molar refractivity (Wildman–Crippen MR) is 350 cm³/mol. The van der Waals surface area contributed by atoms with Gasteiger partial charge in [0, 0.05) is 39.6 Å². The van der Waals surface area contributed by atoms with Crippen LogP contribution in [0.5, 0.6) is 0 Å². The van der Waals surface area contributed by atoms with Crippen LogP contribution in [-0.4, -0.2) is 138 Å². The van der Waals surface area contributed by atoms with E-state index >= 15 is 0 Å². The van der Waals surface area contributed by atoms with Crippen molar-refractivity contribution in [2.45, 2.75) is 359 Å². The number of carbonyl (C=O) groups excluding carboxylic acids is 3. The average Bonchev–Trinajstić information content (AvgIpc) is 0.966. The lowest BCUT2D eigenvalue weighted by Gasteiger charge is -2.48. The van der Waals surface area contributed by atoms with E-state index < -0.39 is 95.7 Å². The first-order valence-corrected chi connectivity index (χ1v) is 38.4. The summed E-state index contributed by atoms with van der Waals surface area (Å²) in [6.07, 6.45) is 33.3. The van der Waals surface area contributed by atoms with Crippen LogP contribution in [0.4, 0.5) is 0 Å². The molecule has 2 heterocycles. The lowest BCUT2D eigenvalue weighted by atomic mass is 9.82. The minimum Gasteiger partial charge on any atom is -0.388 e. The van der Waals surface area contributed by atoms with Gasteiger partial charge in [0.05, 0.1) is 31.8 Å². The molecule has 20 nitrogen and oxygen atoms in total. The van der Waals surface area contributed by atoms with Crippen molar-refractivity contribution in [1.82, 2.24) is 10.6 Å². The van der Waals surface area contributed by atoms with Gasteiger partial charge in [-0.3, -0.25) is 23.4 Å². The number of nitrogens with one attached hydrogen (secondary N) is 2. The van der Waals surface area contributed by atoms with E-state index in [-0.39, 0.29) is 50.3 Å². The molecule has 0 saturated carbocycles. The number of unbranched alkanes of at least 4 members (excludes halogenated alkanes) is 30. The van der Waals surface area contributed by atoms with Crippen molar-refractivity contribution >= 4 is 33.2 Å². The number of carbonyl (C=O) groups is 3. The van der Waals surface area contributed by atoms with Gasteiger partial charge in [-0.25, -0.2) is 9.13 Å². The van der Waals surface area contributed by atoms with Crippen molar-refractivity contribution in [3.8, 4) is 0 Å². The lowest BCUT2D eigenvalue weighted by Crippen LogP contribution is -2.66. The Morgan fingerprint density at radius 1 is 0.494 bits per heavy atom. The second kappa shape index (κ2) is 52.6. The fourth-order valence-electron chi connectivity index (χ4n) is 12.2. The summed E-state index contributed by atoms with van der Waals surface area (Å²) < 4.78 is 73.3. The molecular formula is C67H128N2O18P2. The minimum atomic E-state index is -5.38. The Labute approximate surface area is 538 Å². The zero-order valence-electron chi connectivity index (χ0n) is 56.3. The molecule has 0 radical (unpaired) electrons. The number of amides is 2. The van der Waals surface area contributed by atoms with E-state index in [0.717, 1.165) is 154 Å². The van der Waals surface area contributed by atoms with Crippen LogP contribution < -0.4 is 10.6 Å². The van der Waals surface area contributed by atoms with Crippen LogP contribution in [0, 0.1) is 5.92 Å². The summed E-state index contributed by atoms with van der Waals surface area (Å²) in [7, 11) is -7.49. The van der Waals surface area contributed by atoms with Crippen LogP contribution in [-0.2, 0) is 61.0 Å². The monoisotopic (exact) mass is 1310 g/mol. The predicted octanol–water partition coefficient (Wildman–Crippen LogP) is 14.6. The Morgan fingerprint density at radius 3 is 1.48 bits per heavy atom. The molecule has 2 rings (SSSR count). The van der Waals surface area contributed by atoms with Gasteiger partial charge in [0.25, 0.3) is 0 Å². The summed E-state index contributed by atoms with van der Waals surface area (Å²) in [6.45, 7) is 8.08. The zero-order chi connectivity index (χ0) is 65.4. The van der Waals surface area contributed by atoms with Crippen LogP contribution in [0.1, 0.15) is 297 Å². The minimum absolute atomic E-state index is 0.0907. The first kappa shape index (κ1) is 83.4. The highest BCUT2D eigenvalue weighted by Gasteiger charge is 2.52. The molecule has 2 saturated heterocycles. The molecule has 2 aliphatic heterocycles. The Balaban J connectivity index is 2.45. The smallest absolute Gasteiger partial charge is 0.388 e. The van der Waals surface area contributed by atoms with Gasteiger partial charge >= 0.3 is 15.6 Å². The molecule has 0 aromatic rings. The standard InChI is InChI=1S/C67H128N2O18P2/c1-7-11-15-19-22-25-26-27-28-29-30-32-34-38-42-49-59(71)68-61-56(48-44-47-55(81-6)46-41-36-18-14-10-4)64(86-88(74,75)76)58(52-80-5)85-66(61)83-53-57-63(73)65(82-50-43-39-35-24-21-17-13-9-3)62(67(84-57)87-89(77,78)79)69-60(72)51-54(70)45-40-37-33-31-23-20-16-12-8-2/h25-26,55-58,61-67,73H,7-24,27-53H2,1-6H3,(H,68,71)(H,69,72)(H2,74,75,76)(H2,77,78,79)/t55-,56-,57?,58?,61-,62-,63-,64+,65-,66-,67-/m1/s1. The molecule has 0 aromatic heterocycles. The summed E-state index contributed by atoms with van der Waals surface area (Å²) >= 11 is 0. The van der Waals surface area contributed by atoms with E-state index in [0.29, 0.717) is 32.1 Å². The van der Waals surface area contributed by atoms with E-state index in [1.54, 1.807) is 7.11 Å². The highest BCUT2D eigenvalue weighted by molar-refractivity contribution is 7.46. The number of ether oxygens (including phenoxy) is 6. The first-order valence-electron chi connectivity index (χ1n) is 35.4. The summed E-state index contributed by atoms with van der Waals surface area (Å²) in [5.41, 5.74) is 0. The Hall–Kier alpha value is -1.71. The number of ketones is 1. The number of phosphoric ester groups is 2. The number of hydrogen-bond acceptors (Lipinski definition) is 14. The number of allylic oxidation sites excluding steroid dienone is 2. The quantitative estimate of drug-likeness (QED) is 0.0129. The number of aliphatic hydroxyl groups is 1. The fraction of sp³-hybridized carbons (Fsp3) is 0.925. The molecular weight excluding hydrogens is 1180 g/mol. The van der Waals surface area contributed by atoms with Gasteiger partial charge in [-0.1, -0.05) is 226 Å². The normalized spacial score (nSPS) is 22.9. The largest absolute Gasteiger partial charge is 0.472 e. The van der Waals surface area contributed by atoms with E-state index in [4.69, 9.17) is 37.5 Å². The van der Waals surface area contributed by atoms with Gasteiger partial charge in [0.15, 0.2) is 12.6 Å².